The smallest absolute Gasteiger partial charge is 0.232 e. The average molecular weight is 235 g/mol. The quantitative estimate of drug-likeness (QED) is 0.747. The molecule has 2 nitrogen and oxygen atoms in total. The molecule has 1 amide bonds. The molecule has 1 aliphatic carbocycles. The molecule has 0 aromatic heterocycles. The van der Waals surface area contributed by atoms with Crippen molar-refractivity contribution in [2.24, 2.45) is 0 Å². The van der Waals surface area contributed by atoms with Gasteiger partial charge in [-0.15, -0.1) is 0 Å². The molecule has 0 unspecified atom stereocenters. The first-order valence-corrected chi connectivity index (χ1v) is 6.32. The molecule has 1 aliphatic heterocycles. The standard InChI is InChI=1S/C16H13NO/c18-16-15-11-6-2-1-5-10(11)9-13(15)12-7-3-4-8-14(12)17-16/h1-8,13,15H,9H2,(H,17,18)/t13-,15+/m1/s1. The zero-order chi connectivity index (χ0) is 12.1. The molecule has 0 saturated carbocycles. The number of rotatable bonds is 0. The number of hydrogen-bond donors (Lipinski definition) is 1. The summed E-state index contributed by atoms with van der Waals surface area (Å²) in [5.41, 5.74) is 4.78. The Balaban J connectivity index is 1.91. The van der Waals surface area contributed by atoms with Gasteiger partial charge < -0.3 is 5.32 Å². The normalized spacial score (nSPS) is 23.9. The average Bonchev–Trinajstić information content (AvgIpc) is 2.79. The van der Waals surface area contributed by atoms with Crippen molar-refractivity contribution >= 4 is 11.6 Å². The summed E-state index contributed by atoms with van der Waals surface area (Å²) in [5.74, 6) is 0.451. The fourth-order valence-electron chi connectivity index (χ4n) is 3.35. The number of benzene rings is 2. The maximum absolute atomic E-state index is 12.3. The van der Waals surface area contributed by atoms with Crippen LogP contribution in [0.25, 0.3) is 0 Å². The van der Waals surface area contributed by atoms with Crippen LogP contribution in [0, 0.1) is 0 Å². The van der Waals surface area contributed by atoms with Gasteiger partial charge in [-0.25, -0.2) is 0 Å². The van der Waals surface area contributed by atoms with E-state index in [0.29, 0.717) is 5.92 Å². The summed E-state index contributed by atoms with van der Waals surface area (Å²) in [6, 6.07) is 16.5. The van der Waals surface area contributed by atoms with Gasteiger partial charge in [0, 0.05) is 11.6 Å². The summed E-state index contributed by atoms with van der Waals surface area (Å²) in [5, 5.41) is 3.03. The molecule has 2 aromatic rings. The lowest BCUT2D eigenvalue weighted by molar-refractivity contribution is -0.118. The van der Waals surface area contributed by atoms with Crippen LogP contribution in [-0.4, -0.2) is 5.91 Å². The summed E-state index contributed by atoms with van der Waals surface area (Å²) in [6.07, 6.45) is 0.977. The van der Waals surface area contributed by atoms with E-state index in [1.165, 1.54) is 16.7 Å². The van der Waals surface area contributed by atoms with E-state index in [0.717, 1.165) is 12.1 Å². The molecule has 88 valence electrons. The Hall–Kier alpha value is -2.09. The van der Waals surface area contributed by atoms with Crippen molar-refractivity contribution < 1.29 is 4.79 Å². The SMILES string of the molecule is O=C1Nc2ccccc2[C@H]2Cc3ccccc3[C@H]12. The molecule has 0 saturated heterocycles. The number of para-hydroxylation sites is 1. The van der Waals surface area contributed by atoms with Gasteiger partial charge >= 0.3 is 0 Å². The van der Waals surface area contributed by atoms with Gasteiger partial charge in [0.05, 0.1) is 5.92 Å². The first-order valence-electron chi connectivity index (χ1n) is 6.32. The van der Waals surface area contributed by atoms with Gasteiger partial charge in [0.1, 0.15) is 0 Å². The highest BCUT2D eigenvalue weighted by Crippen LogP contribution is 2.48. The Labute approximate surface area is 106 Å². The topological polar surface area (TPSA) is 29.1 Å². The number of nitrogens with one attached hydrogen (secondary N) is 1. The fourth-order valence-corrected chi connectivity index (χ4v) is 3.35. The largest absolute Gasteiger partial charge is 0.325 e. The van der Waals surface area contributed by atoms with Crippen molar-refractivity contribution in [3.8, 4) is 0 Å². The number of anilines is 1. The van der Waals surface area contributed by atoms with E-state index in [2.05, 4.69) is 35.6 Å². The van der Waals surface area contributed by atoms with E-state index in [-0.39, 0.29) is 11.8 Å². The van der Waals surface area contributed by atoms with Crippen LogP contribution >= 0.6 is 0 Å². The zero-order valence-corrected chi connectivity index (χ0v) is 9.89. The lowest BCUT2D eigenvalue weighted by Crippen LogP contribution is -2.29. The van der Waals surface area contributed by atoms with E-state index in [1.807, 2.05) is 18.2 Å². The summed E-state index contributed by atoms with van der Waals surface area (Å²) < 4.78 is 0. The van der Waals surface area contributed by atoms with Crippen LogP contribution in [0.4, 0.5) is 5.69 Å². The Morgan fingerprint density at radius 3 is 2.56 bits per heavy atom. The molecule has 18 heavy (non-hydrogen) atoms. The number of carbonyl (C=O) groups excluding carboxylic acids is 1. The van der Waals surface area contributed by atoms with E-state index >= 15 is 0 Å². The fraction of sp³-hybridized carbons (Fsp3) is 0.188. The first-order chi connectivity index (χ1) is 8.84. The van der Waals surface area contributed by atoms with Gasteiger partial charge in [-0.05, 0) is 29.2 Å². The van der Waals surface area contributed by atoms with Crippen molar-refractivity contribution in [2.75, 3.05) is 5.32 Å². The van der Waals surface area contributed by atoms with Gasteiger partial charge in [-0.3, -0.25) is 4.79 Å². The second-order valence-corrected chi connectivity index (χ2v) is 5.06. The number of amides is 1. The van der Waals surface area contributed by atoms with Crippen LogP contribution in [-0.2, 0) is 11.2 Å². The van der Waals surface area contributed by atoms with Crippen molar-refractivity contribution in [1.29, 1.82) is 0 Å². The molecule has 2 heteroatoms. The van der Waals surface area contributed by atoms with Crippen LogP contribution in [0.15, 0.2) is 48.5 Å². The van der Waals surface area contributed by atoms with Crippen LogP contribution in [0.3, 0.4) is 0 Å². The molecule has 2 aliphatic rings. The Kier molecular flexibility index (Phi) is 1.90. The van der Waals surface area contributed by atoms with Crippen LogP contribution in [0.2, 0.25) is 0 Å². The summed E-state index contributed by atoms with van der Waals surface area (Å²) >= 11 is 0. The predicted octanol–water partition coefficient (Wildman–Crippen LogP) is 3.06. The minimum Gasteiger partial charge on any atom is -0.325 e. The maximum atomic E-state index is 12.3. The third kappa shape index (κ3) is 1.20. The zero-order valence-electron chi connectivity index (χ0n) is 9.89. The second kappa shape index (κ2) is 3.45. The van der Waals surface area contributed by atoms with Crippen molar-refractivity contribution in [3.63, 3.8) is 0 Å². The van der Waals surface area contributed by atoms with E-state index in [4.69, 9.17) is 0 Å². The Bertz CT molecular complexity index is 647. The Morgan fingerprint density at radius 1 is 0.944 bits per heavy atom. The molecule has 2 aromatic carbocycles. The third-order valence-electron chi connectivity index (χ3n) is 4.13. The highest BCUT2D eigenvalue weighted by atomic mass is 16.2. The molecule has 1 heterocycles. The summed E-state index contributed by atoms with van der Waals surface area (Å²) in [4.78, 5) is 12.3. The molecular formula is C16H13NO. The number of fused-ring (bicyclic) bond motifs is 5. The lowest BCUT2D eigenvalue weighted by Gasteiger charge is -2.28. The van der Waals surface area contributed by atoms with Crippen LogP contribution < -0.4 is 5.32 Å². The highest BCUT2D eigenvalue weighted by molar-refractivity contribution is 6.00. The molecule has 0 fully saturated rings. The minimum atomic E-state index is -0.00361. The summed E-state index contributed by atoms with van der Waals surface area (Å²) in [7, 11) is 0. The van der Waals surface area contributed by atoms with Gasteiger partial charge in [0.25, 0.3) is 0 Å². The van der Waals surface area contributed by atoms with Gasteiger partial charge in [-0.1, -0.05) is 42.5 Å². The van der Waals surface area contributed by atoms with Gasteiger partial charge in [0.15, 0.2) is 0 Å². The van der Waals surface area contributed by atoms with Gasteiger partial charge in [0.2, 0.25) is 5.91 Å². The number of hydrogen-bond acceptors (Lipinski definition) is 1. The van der Waals surface area contributed by atoms with E-state index < -0.39 is 0 Å². The molecule has 0 bridgehead atoms. The maximum Gasteiger partial charge on any atom is 0.232 e. The predicted molar refractivity (Wildman–Crippen MR) is 70.7 cm³/mol. The van der Waals surface area contributed by atoms with Crippen LogP contribution in [0.5, 0.6) is 0 Å². The monoisotopic (exact) mass is 235 g/mol. The molecule has 4 rings (SSSR count). The molecule has 0 spiro atoms. The molecule has 1 N–H and O–H groups in total. The summed E-state index contributed by atoms with van der Waals surface area (Å²) in [6.45, 7) is 0. The van der Waals surface area contributed by atoms with E-state index in [1.54, 1.807) is 0 Å². The Morgan fingerprint density at radius 2 is 1.67 bits per heavy atom. The third-order valence-corrected chi connectivity index (χ3v) is 4.13. The van der Waals surface area contributed by atoms with Crippen molar-refractivity contribution in [2.45, 2.75) is 18.3 Å². The van der Waals surface area contributed by atoms with Crippen molar-refractivity contribution in [3.05, 3.63) is 65.2 Å². The van der Waals surface area contributed by atoms with Gasteiger partial charge in [-0.2, -0.15) is 0 Å². The first kappa shape index (κ1) is 9.89. The highest BCUT2D eigenvalue weighted by Gasteiger charge is 2.42. The van der Waals surface area contributed by atoms with Crippen LogP contribution in [0.1, 0.15) is 28.5 Å². The molecular weight excluding hydrogens is 222 g/mol. The molecule has 0 radical (unpaired) electrons. The van der Waals surface area contributed by atoms with Crippen molar-refractivity contribution in [1.82, 2.24) is 0 Å². The van der Waals surface area contributed by atoms with E-state index in [9.17, 15) is 4.79 Å². The minimum absolute atomic E-state index is 0.00361. The number of carbonyl (C=O) groups is 1. The lowest BCUT2D eigenvalue weighted by atomic mass is 9.82. The second-order valence-electron chi connectivity index (χ2n) is 5.06. The molecule has 2 atom stereocenters.